The first kappa shape index (κ1) is 17.2. The highest BCUT2D eigenvalue weighted by Crippen LogP contribution is 2.17. The number of nitrogens with one attached hydrogen (secondary N) is 1. The molecule has 25 heavy (non-hydrogen) atoms. The quantitative estimate of drug-likeness (QED) is 0.730. The Balaban J connectivity index is 1.65. The van der Waals surface area contributed by atoms with E-state index in [-0.39, 0.29) is 11.7 Å². The van der Waals surface area contributed by atoms with Crippen LogP contribution in [0.1, 0.15) is 24.9 Å². The maximum absolute atomic E-state index is 12.9. The van der Waals surface area contributed by atoms with E-state index in [1.807, 2.05) is 6.92 Å². The maximum Gasteiger partial charge on any atom is 0.249 e. The molecule has 0 aliphatic heterocycles. The first-order chi connectivity index (χ1) is 12.0. The summed E-state index contributed by atoms with van der Waals surface area (Å²) in [5, 5.41) is 11.6. The van der Waals surface area contributed by atoms with Gasteiger partial charge in [0.15, 0.2) is 0 Å². The Morgan fingerprint density at radius 1 is 1.24 bits per heavy atom. The summed E-state index contributed by atoms with van der Waals surface area (Å²) in [6, 6.07) is 5.76. The normalized spacial score (nSPS) is 12.1. The van der Waals surface area contributed by atoms with Crippen molar-refractivity contribution in [2.75, 3.05) is 5.32 Å². The largest absolute Gasteiger partial charge is 0.322 e. The molecular formula is C17H17ClFN5O. The van der Waals surface area contributed by atoms with Crippen molar-refractivity contribution in [2.24, 2.45) is 0 Å². The van der Waals surface area contributed by atoms with Gasteiger partial charge in [0.2, 0.25) is 5.91 Å². The van der Waals surface area contributed by atoms with Crippen LogP contribution in [0.2, 0.25) is 5.02 Å². The summed E-state index contributed by atoms with van der Waals surface area (Å²) in [6.07, 6.45) is 6.99. The smallest absolute Gasteiger partial charge is 0.249 e. The molecule has 2 aromatic heterocycles. The number of nitrogens with zero attached hydrogens (tertiary/aromatic N) is 4. The summed E-state index contributed by atoms with van der Waals surface area (Å²) in [6.45, 7) is 2.39. The Labute approximate surface area is 149 Å². The average molecular weight is 362 g/mol. The zero-order chi connectivity index (χ0) is 17.8. The molecule has 1 atom stereocenters. The van der Waals surface area contributed by atoms with E-state index in [9.17, 15) is 9.18 Å². The molecule has 6 nitrogen and oxygen atoms in total. The van der Waals surface area contributed by atoms with Crippen LogP contribution in [0.3, 0.4) is 0 Å². The number of anilines is 1. The summed E-state index contributed by atoms with van der Waals surface area (Å²) in [5.41, 5.74) is 1.50. The van der Waals surface area contributed by atoms with Crippen molar-refractivity contribution in [3.8, 4) is 0 Å². The van der Waals surface area contributed by atoms with Gasteiger partial charge in [-0.15, -0.1) is 0 Å². The molecule has 0 aliphatic carbocycles. The number of hydrogen-bond acceptors (Lipinski definition) is 3. The van der Waals surface area contributed by atoms with E-state index in [0.717, 1.165) is 5.56 Å². The molecule has 1 N–H and O–H groups in total. The summed E-state index contributed by atoms with van der Waals surface area (Å²) in [5.74, 6) is -0.468. The van der Waals surface area contributed by atoms with Crippen LogP contribution < -0.4 is 5.32 Å². The molecule has 0 saturated heterocycles. The second-order valence-electron chi connectivity index (χ2n) is 5.60. The van der Waals surface area contributed by atoms with Crippen molar-refractivity contribution in [3.05, 3.63) is 65.5 Å². The van der Waals surface area contributed by atoms with E-state index < -0.39 is 6.04 Å². The monoisotopic (exact) mass is 361 g/mol. The van der Waals surface area contributed by atoms with Crippen molar-refractivity contribution in [3.63, 3.8) is 0 Å². The van der Waals surface area contributed by atoms with Crippen molar-refractivity contribution in [1.29, 1.82) is 0 Å². The minimum Gasteiger partial charge on any atom is -0.322 e. The van der Waals surface area contributed by atoms with Crippen LogP contribution in [0, 0.1) is 5.82 Å². The van der Waals surface area contributed by atoms with Crippen LogP contribution in [0.25, 0.3) is 0 Å². The molecule has 0 bridgehead atoms. The number of rotatable bonds is 6. The summed E-state index contributed by atoms with van der Waals surface area (Å²) in [7, 11) is 0. The molecule has 0 radical (unpaired) electrons. The Hall–Kier alpha value is -2.67. The van der Waals surface area contributed by atoms with Crippen LogP contribution in [-0.2, 0) is 11.3 Å². The van der Waals surface area contributed by atoms with Gasteiger partial charge in [0.05, 0.1) is 29.6 Å². The minimum absolute atomic E-state index is 0.191. The highest BCUT2D eigenvalue weighted by molar-refractivity contribution is 6.30. The molecule has 130 valence electrons. The van der Waals surface area contributed by atoms with E-state index in [1.165, 1.54) is 18.3 Å². The first-order valence-corrected chi connectivity index (χ1v) is 8.20. The molecule has 0 spiro atoms. The third-order valence-corrected chi connectivity index (χ3v) is 3.93. The fourth-order valence-electron chi connectivity index (χ4n) is 2.49. The van der Waals surface area contributed by atoms with Crippen molar-refractivity contribution in [2.45, 2.75) is 25.9 Å². The number of benzene rings is 1. The third-order valence-electron chi connectivity index (χ3n) is 3.74. The third kappa shape index (κ3) is 4.24. The summed E-state index contributed by atoms with van der Waals surface area (Å²) < 4.78 is 16.2. The predicted octanol–water partition coefficient (Wildman–Crippen LogP) is 3.51. The lowest BCUT2D eigenvalue weighted by molar-refractivity contribution is -0.119. The van der Waals surface area contributed by atoms with Gasteiger partial charge in [-0.1, -0.05) is 30.7 Å². The van der Waals surface area contributed by atoms with Gasteiger partial charge in [0, 0.05) is 12.4 Å². The van der Waals surface area contributed by atoms with E-state index >= 15 is 0 Å². The van der Waals surface area contributed by atoms with E-state index in [0.29, 0.717) is 23.7 Å². The van der Waals surface area contributed by atoms with Gasteiger partial charge >= 0.3 is 0 Å². The molecule has 0 aliphatic rings. The van der Waals surface area contributed by atoms with Gasteiger partial charge in [-0.05, 0) is 24.1 Å². The zero-order valence-electron chi connectivity index (χ0n) is 13.6. The zero-order valence-corrected chi connectivity index (χ0v) is 14.3. The van der Waals surface area contributed by atoms with Crippen LogP contribution >= 0.6 is 11.6 Å². The molecule has 3 rings (SSSR count). The summed E-state index contributed by atoms with van der Waals surface area (Å²) in [4.78, 5) is 12.5. The molecule has 3 aromatic rings. The minimum atomic E-state index is -0.451. The molecule has 1 aromatic carbocycles. The second-order valence-corrected chi connectivity index (χ2v) is 6.04. The van der Waals surface area contributed by atoms with Crippen LogP contribution in [-0.4, -0.2) is 25.5 Å². The number of hydrogen-bond donors (Lipinski definition) is 1. The number of carbonyl (C=O) groups is 1. The first-order valence-electron chi connectivity index (χ1n) is 7.82. The van der Waals surface area contributed by atoms with Gasteiger partial charge in [-0.2, -0.15) is 10.2 Å². The molecule has 1 unspecified atom stereocenters. The second kappa shape index (κ2) is 7.48. The van der Waals surface area contributed by atoms with Crippen LogP contribution in [0.4, 0.5) is 10.1 Å². The molecular weight excluding hydrogens is 345 g/mol. The fourth-order valence-corrected chi connectivity index (χ4v) is 2.64. The van der Waals surface area contributed by atoms with Crippen molar-refractivity contribution < 1.29 is 9.18 Å². The molecule has 2 heterocycles. The molecule has 8 heteroatoms. The van der Waals surface area contributed by atoms with Crippen LogP contribution in [0.15, 0.2) is 49.1 Å². The van der Waals surface area contributed by atoms with Gasteiger partial charge in [-0.3, -0.25) is 14.2 Å². The fraction of sp³-hybridized carbons (Fsp3) is 0.235. The summed E-state index contributed by atoms with van der Waals surface area (Å²) >= 11 is 5.86. The lowest BCUT2D eigenvalue weighted by Crippen LogP contribution is -2.25. The number of carbonyl (C=O) groups excluding carboxylic acids is 1. The molecule has 0 saturated carbocycles. The van der Waals surface area contributed by atoms with E-state index in [2.05, 4.69) is 15.5 Å². The Morgan fingerprint density at radius 3 is 2.64 bits per heavy atom. The van der Waals surface area contributed by atoms with Crippen molar-refractivity contribution >= 4 is 23.2 Å². The van der Waals surface area contributed by atoms with E-state index in [4.69, 9.17) is 11.6 Å². The van der Waals surface area contributed by atoms with Gasteiger partial charge < -0.3 is 5.32 Å². The molecule has 0 fully saturated rings. The maximum atomic E-state index is 12.9. The average Bonchev–Trinajstić information content (AvgIpc) is 3.20. The number of amides is 1. The predicted molar refractivity (Wildman–Crippen MR) is 92.9 cm³/mol. The van der Waals surface area contributed by atoms with Crippen LogP contribution in [0.5, 0.6) is 0 Å². The van der Waals surface area contributed by atoms with E-state index in [1.54, 1.807) is 40.1 Å². The standard InChI is InChI=1S/C17H17ClFN5O/c1-2-16(24-10-13(18)7-21-24)17(25)22-15-8-20-23(11-15)9-12-3-5-14(19)6-4-12/h3-8,10-11,16H,2,9H2,1H3,(H,22,25). The number of halogens is 2. The highest BCUT2D eigenvalue weighted by atomic mass is 35.5. The Bertz CT molecular complexity index is 858. The topological polar surface area (TPSA) is 64.7 Å². The van der Waals surface area contributed by atoms with Crippen molar-refractivity contribution in [1.82, 2.24) is 19.6 Å². The highest BCUT2D eigenvalue weighted by Gasteiger charge is 2.20. The van der Waals surface area contributed by atoms with Gasteiger partial charge in [-0.25, -0.2) is 4.39 Å². The SMILES string of the molecule is CCC(C(=O)Nc1cnn(Cc2ccc(F)cc2)c1)n1cc(Cl)cn1. The van der Waals surface area contributed by atoms with Gasteiger partial charge in [0.25, 0.3) is 0 Å². The van der Waals surface area contributed by atoms with Gasteiger partial charge in [0.1, 0.15) is 11.9 Å². The lowest BCUT2D eigenvalue weighted by Gasteiger charge is -2.14. The lowest BCUT2D eigenvalue weighted by atomic mass is 10.2. The Morgan fingerprint density at radius 2 is 2.00 bits per heavy atom. The Kier molecular flexibility index (Phi) is 5.14. The molecule has 1 amide bonds. The number of aromatic nitrogens is 4.